The maximum Gasteiger partial charge on any atom is 0.328 e. The Morgan fingerprint density at radius 2 is 2.07 bits per heavy atom. The Kier molecular flexibility index (Phi) is 3.15. The van der Waals surface area contributed by atoms with Crippen LogP contribution in [0.25, 0.3) is 0 Å². The monoisotopic (exact) mass is 233 g/mol. The summed E-state index contributed by atoms with van der Waals surface area (Å²) >= 11 is 0. The lowest BCUT2D eigenvalue weighted by Gasteiger charge is -2.03. The van der Waals surface area contributed by atoms with Crippen LogP contribution in [0, 0.1) is 5.92 Å². The molecule has 0 fully saturated rings. The van der Waals surface area contributed by atoms with E-state index >= 15 is 0 Å². The van der Waals surface area contributed by atoms with Crippen LogP contribution >= 0.6 is 0 Å². The lowest BCUT2D eigenvalue weighted by Crippen LogP contribution is -2.08. The summed E-state index contributed by atoms with van der Waals surface area (Å²) in [7, 11) is -4.35. The van der Waals surface area contributed by atoms with Crippen molar-refractivity contribution in [3.8, 4) is 0 Å². The minimum absolute atomic E-state index is 0.111. The van der Waals surface area contributed by atoms with Crippen LogP contribution in [0.5, 0.6) is 0 Å². The quantitative estimate of drug-likeness (QED) is 0.355. The highest BCUT2D eigenvalue weighted by Crippen LogP contribution is 2.17. The molecule has 84 valence electrons. The van der Waals surface area contributed by atoms with Gasteiger partial charge in [0.05, 0.1) is 0 Å². The third kappa shape index (κ3) is 2.57. The van der Waals surface area contributed by atoms with Crippen molar-refractivity contribution in [1.29, 1.82) is 0 Å². The molecule has 1 aromatic heterocycles. The van der Waals surface area contributed by atoms with Crippen molar-refractivity contribution in [3.05, 3.63) is 17.9 Å². The SMILES string of the molecule is CC(C)C(=NO)c1ccc(S(=O)(=O)O)o1. The second-order valence-electron chi connectivity index (χ2n) is 3.23. The van der Waals surface area contributed by atoms with E-state index in [1.807, 2.05) is 0 Å². The second kappa shape index (κ2) is 4.03. The van der Waals surface area contributed by atoms with Gasteiger partial charge in [-0.2, -0.15) is 8.42 Å². The van der Waals surface area contributed by atoms with E-state index in [1.54, 1.807) is 13.8 Å². The van der Waals surface area contributed by atoms with Crippen LogP contribution in [0.2, 0.25) is 0 Å². The van der Waals surface area contributed by atoms with Crippen LogP contribution in [-0.4, -0.2) is 23.9 Å². The lowest BCUT2D eigenvalue weighted by molar-refractivity contribution is 0.313. The normalized spacial score (nSPS) is 13.5. The molecule has 6 nitrogen and oxygen atoms in total. The van der Waals surface area contributed by atoms with Crippen molar-refractivity contribution in [2.24, 2.45) is 11.1 Å². The fraction of sp³-hybridized carbons (Fsp3) is 0.375. The molecule has 0 unspecified atom stereocenters. The van der Waals surface area contributed by atoms with Crippen molar-refractivity contribution >= 4 is 15.8 Å². The Hall–Kier alpha value is -1.34. The van der Waals surface area contributed by atoms with Crippen LogP contribution in [-0.2, 0) is 10.1 Å². The standard InChI is InChI=1S/C8H11NO5S/c1-5(2)8(9-10)6-3-4-7(14-6)15(11,12)13/h3-5,10H,1-2H3,(H,11,12,13). The molecule has 0 radical (unpaired) electrons. The zero-order valence-electron chi connectivity index (χ0n) is 8.21. The number of hydrogen-bond donors (Lipinski definition) is 2. The summed E-state index contributed by atoms with van der Waals surface area (Å²) in [4.78, 5) is 0. The summed E-state index contributed by atoms with van der Waals surface area (Å²) in [6.45, 7) is 3.51. The third-order valence-electron chi connectivity index (χ3n) is 1.74. The van der Waals surface area contributed by atoms with Crippen LogP contribution in [0.4, 0.5) is 0 Å². The molecular weight excluding hydrogens is 222 g/mol. The lowest BCUT2D eigenvalue weighted by atomic mass is 10.1. The Labute approximate surface area is 87.0 Å². The number of oxime groups is 1. The first-order valence-corrected chi connectivity index (χ1v) is 5.60. The van der Waals surface area contributed by atoms with Gasteiger partial charge in [0.15, 0.2) is 5.76 Å². The van der Waals surface area contributed by atoms with Crippen molar-refractivity contribution in [2.45, 2.75) is 18.9 Å². The fourth-order valence-corrected chi connectivity index (χ4v) is 1.48. The van der Waals surface area contributed by atoms with Gasteiger partial charge in [0, 0.05) is 5.92 Å². The largest absolute Gasteiger partial charge is 0.441 e. The molecule has 1 heterocycles. The summed E-state index contributed by atoms with van der Waals surface area (Å²) < 4.78 is 34.9. The van der Waals surface area contributed by atoms with Gasteiger partial charge in [-0.25, -0.2) is 0 Å². The van der Waals surface area contributed by atoms with Gasteiger partial charge < -0.3 is 9.62 Å². The molecule has 0 aromatic carbocycles. The molecule has 0 amide bonds. The van der Waals surface area contributed by atoms with Crippen molar-refractivity contribution in [1.82, 2.24) is 0 Å². The van der Waals surface area contributed by atoms with Gasteiger partial charge in [-0.15, -0.1) is 0 Å². The van der Waals surface area contributed by atoms with Crippen LogP contribution in [0.15, 0.2) is 26.8 Å². The van der Waals surface area contributed by atoms with Crippen molar-refractivity contribution in [2.75, 3.05) is 0 Å². The molecule has 0 aliphatic heterocycles. The molecule has 0 spiro atoms. The number of furan rings is 1. The molecule has 7 heteroatoms. The van der Waals surface area contributed by atoms with Crippen LogP contribution in [0.3, 0.4) is 0 Å². The number of rotatable bonds is 3. The highest BCUT2D eigenvalue weighted by atomic mass is 32.2. The Balaban J connectivity index is 3.15. The van der Waals surface area contributed by atoms with Gasteiger partial charge in [0.2, 0.25) is 5.09 Å². The van der Waals surface area contributed by atoms with Gasteiger partial charge in [-0.1, -0.05) is 19.0 Å². The summed E-state index contributed by atoms with van der Waals surface area (Å²) in [6.07, 6.45) is 0. The van der Waals surface area contributed by atoms with Gasteiger partial charge in [0.25, 0.3) is 0 Å². The average molecular weight is 233 g/mol. The number of nitrogens with zero attached hydrogens (tertiary/aromatic N) is 1. The Morgan fingerprint density at radius 3 is 2.40 bits per heavy atom. The van der Waals surface area contributed by atoms with E-state index in [0.717, 1.165) is 6.07 Å². The van der Waals surface area contributed by atoms with Crippen LogP contribution in [0.1, 0.15) is 19.6 Å². The van der Waals surface area contributed by atoms with Gasteiger partial charge >= 0.3 is 10.1 Å². The maximum atomic E-state index is 10.7. The predicted molar refractivity (Wildman–Crippen MR) is 51.7 cm³/mol. The van der Waals surface area contributed by atoms with E-state index in [0.29, 0.717) is 0 Å². The molecule has 0 aliphatic rings. The van der Waals surface area contributed by atoms with E-state index in [9.17, 15) is 8.42 Å². The fourth-order valence-electron chi connectivity index (χ4n) is 1.05. The Morgan fingerprint density at radius 1 is 1.47 bits per heavy atom. The second-order valence-corrected chi connectivity index (χ2v) is 4.59. The third-order valence-corrected chi connectivity index (χ3v) is 2.47. The molecule has 0 saturated carbocycles. The molecular formula is C8H11NO5S. The summed E-state index contributed by atoms with van der Waals surface area (Å²) in [5.41, 5.74) is 0.213. The summed E-state index contributed by atoms with van der Waals surface area (Å²) in [5.74, 6) is -0.0180. The first kappa shape index (κ1) is 11.7. The molecule has 0 bridgehead atoms. The highest BCUT2D eigenvalue weighted by molar-refractivity contribution is 7.85. The molecule has 1 rings (SSSR count). The first-order valence-electron chi connectivity index (χ1n) is 4.16. The zero-order chi connectivity index (χ0) is 11.6. The Bertz CT molecular complexity index is 471. The summed E-state index contributed by atoms with van der Waals surface area (Å²) in [5, 5.41) is 11.1. The predicted octanol–water partition coefficient (Wildman–Crippen LogP) is 1.36. The maximum absolute atomic E-state index is 10.7. The number of hydrogen-bond acceptors (Lipinski definition) is 5. The molecule has 0 saturated heterocycles. The van der Waals surface area contributed by atoms with E-state index < -0.39 is 15.2 Å². The molecule has 2 N–H and O–H groups in total. The summed E-state index contributed by atoms with van der Waals surface area (Å²) in [6, 6.07) is 2.41. The molecule has 0 atom stereocenters. The minimum Gasteiger partial charge on any atom is -0.441 e. The van der Waals surface area contributed by atoms with Gasteiger partial charge in [-0.05, 0) is 12.1 Å². The highest BCUT2D eigenvalue weighted by Gasteiger charge is 2.19. The van der Waals surface area contributed by atoms with E-state index in [2.05, 4.69) is 5.16 Å². The van der Waals surface area contributed by atoms with Crippen molar-refractivity contribution in [3.63, 3.8) is 0 Å². The van der Waals surface area contributed by atoms with Gasteiger partial charge in [0.1, 0.15) is 5.71 Å². The zero-order valence-corrected chi connectivity index (χ0v) is 9.02. The smallest absolute Gasteiger partial charge is 0.328 e. The molecule has 1 aromatic rings. The first-order chi connectivity index (χ1) is 6.86. The molecule has 0 aliphatic carbocycles. The van der Waals surface area contributed by atoms with E-state index in [-0.39, 0.29) is 17.4 Å². The van der Waals surface area contributed by atoms with Gasteiger partial charge in [-0.3, -0.25) is 4.55 Å². The topological polar surface area (TPSA) is 100 Å². The van der Waals surface area contributed by atoms with Crippen LogP contribution < -0.4 is 0 Å². The molecule has 15 heavy (non-hydrogen) atoms. The average Bonchev–Trinajstić information content (AvgIpc) is 2.52. The van der Waals surface area contributed by atoms with E-state index in [1.165, 1.54) is 6.07 Å². The van der Waals surface area contributed by atoms with E-state index in [4.69, 9.17) is 14.2 Å². The van der Waals surface area contributed by atoms with Crippen molar-refractivity contribution < 1.29 is 22.6 Å². The minimum atomic E-state index is -4.35.